The Morgan fingerprint density at radius 3 is 2.36 bits per heavy atom. The zero-order valence-corrected chi connectivity index (χ0v) is 17.4. The maximum atomic E-state index is 13.8. The van der Waals surface area contributed by atoms with Gasteiger partial charge in [0.2, 0.25) is 11.8 Å². The van der Waals surface area contributed by atoms with E-state index in [0.29, 0.717) is 24.3 Å². The second-order valence-corrected chi connectivity index (χ2v) is 7.56. The maximum absolute atomic E-state index is 13.8. The maximum Gasteiger partial charge on any atom is 0.242 e. The zero-order valence-electron chi connectivity index (χ0n) is 16.6. The summed E-state index contributed by atoms with van der Waals surface area (Å²) in [4.78, 5) is 27.0. The van der Waals surface area contributed by atoms with E-state index in [9.17, 15) is 14.0 Å². The number of nitrogens with one attached hydrogen (secondary N) is 1. The van der Waals surface area contributed by atoms with Crippen molar-refractivity contribution in [1.82, 2.24) is 10.2 Å². The highest BCUT2D eigenvalue weighted by molar-refractivity contribution is 7.99. The van der Waals surface area contributed by atoms with E-state index in [4.69, 9.17) is 0 Å². The molecule has 6 heteroatoms. The van der Waals surface area contributed by atoms with E-state index in [2.05, 4.69) is 5.32 Å². The second kappa shape index (κ2) is 10.9. The lowest BCUT2D eigenvalue weighted by molar-refractivity contribution is -0.139. The van der Waals surface area contributed by atoms with Gasteiger partial charge < -0.3 is 10.2 Å². The smallest absolute Gasteiger partial charge is 0.242 e. The van der Waals surface area contributed by atoms with Gasteiger partial charge >= 0.3 is 0 Å². The van der Waals surface area contributed by atoms with Crippen LogP contribution in [0.1, 0.15) is 30.0 Å². The lowest BCUT2D eigenvalue weighted by atomic mass is 10.1. The Bertz CT molecular complexity index is 813. The van der Waals surface area contributed by atoms with Gasteiger partial charge in [-0.1, -0.05) is 49.4 Å². The van der Waals surface area contributed by atoms with E-state index in [1.165, 1.54) is 17.8 Å². The molecule has 0 saturated carbocycles. The van der Waals surface area contributed by atoms with E-state index < -0.39 is 6.04 Å². The number of amides is 2. The molecule has 0 aromatic heterocycles. The molecule has 150 valence electrons. The Labute approximate surface area is 170 Å². The first-order valence-electron chi connectivity index (χ1n) is 9.34. The van der Waals surface area contributed by atoms with Gasteiger partial charge in [0, 0.05) is 19.3 Å². The average Bonchev–Trinajstić information content (AvgIpc) is 2.70. The summed E-state index contributed by atoms with van der Waals surface area (Å²) in [5, 5.41) is 2.65. The van der Waals surface area contributed by atoms with Gasteiger partial charge in [-0.3, -0.25) is 9.59 Å². The topological polar surface area (TPSA) is 49.4 Å². The highest BCUT2D eigenvalue weighted by Gasteiger charge is 2.28. The third-order valence-electron chi connectivity index (χ3n) is 4.68. The molecule has 2 amide bonds. The van der Waals surface area contributed by atoms with Crippen molar-refractivity contribution in [3.05, 3.63) is 71.0 Å². The number of carbonyl (C=O) groups is 2. The van der Waals surface area contributed by atoms with E-state index in [1.54, 1.807) is 30.1 Å². The van der Waals surface area contributed by atoms with E-state index in [-0.39, 0.29) is 23.4 Å². The first-order chi connectivity index (χ1) is 13.5. The Kier molecular flexibility index (Phi) is 8.51. The van der Waals surface area contributed by atoms with Crippen LogP contribution in [0.15, 0.2) is 48.5 Å². The molecule has 0 radical (unpaired) electrons. The van der Waals surface area contributed by atoms with Crippen LogP contribution in [0.5, 0.6) is 0 Å². The Balaban J connectivity index is 2.12. The van der Waals surface area contributed by atoms with Crippen LogP contribution in [-0.4, -0.2) is 35.6 Å². The van der Waals surface area contributed by atoms with Gasteiger partial charge in [-0.05, 0) is 36.1 Å². The number of hydrogen-bond donors (Lipinski definition) is 1. The van der Waals surface area contributed by atoms with Crippen LogP contribution < -0.4 is 5.32 Å². The number of benzene rings is 2. The fourth-order valence-electron chi connectivity index (χ4n) is 3.00. The third-order valence-corrected chi connectivity index (χ3v) is 5.64. The highest BCUT2D eigenvalue weighted by Crippen LogP contribution is 2.19. The first kappa shape index (κ1) is 22.0. The van der Waals surface area contributed by atoms with Gasteiger partial charge in [0.25, 0.3) is 0 Å². The predicted octanol–water partition coefficient (Wildman–Crippen LogP) is 3.92. The summed E-state index contributed by atoms with van der Waals surface area (Å²) in [7, 11) is 1.58. The lowest BCUT2D eigenvalue weighted by Gasteiger charge is -2.30. The standard InChI is InChI=1S/C22H27FN2O2S/c1-4-20(22(27)24-3)25(13-17-10-6-5-9-16(17)2)21(26)15-28-14-18-11-7-8-12-19(18)23/h5-12,20H,4,13-15H2,1-3H3,(H,24,27). The Hall–Kier alpha value is -2.34. The number of thioether (sulfide) groups is 1. The number of aryl methyl sites for hydroxylation is 1. The van der Waals surface area contributed by atoms with Crippen molar-refractivity contribution in [3.63, 3.8) is 0 Å². The van der Waals surface area contributed by atoms with Crippen molar-refractivity contribution in [2.24, 2.45) is 0 Å². The van der Waals surface area contributed by atoms with Crippen molar-refractivity contribution < 1.29 is 14.0 Å². The van der Waals surface area contributed by atoms with Crippen molar-refractivity contribution in [3.8, 4) is 0 Å². The summed E-state index contributed by atoms with van der Waals surface area (Å²) < 4.78 is 13.8. The monoisotopic (exact) mass is 402 g/mol. The van der Waals surface area contributed by atoms with Gasteiger partial charge in [0.05, 0.1) is 5.75 Å². The van der Waals surface area contributed by atoms with E-state index in [1.807, 2.05) is 38.1 Å². The lowest BCUT2D eigenvalue weighted by Crippen LogP contribution is -2.48. The van der Waals surface area contributed by atoms with Gasteiger partial charge in [0.15, 0.2) is 0 Å². The molecule has 2 rings (SSSR count). The molecule has 0 aliphatic heterocycles. The first-order valence-corrected chi connectivity index (χ1v) is 10.5. The molecule has 0 spiro atoms. The van der Waals surface area contributed by atoms with Crippen LogP contribution in [0.3, 0.4) is 0 Å². The normalized spacial score (nSPS) is 11.7. The summed E-state index contributed by atoms with van der Waals surface area (Å²) >= 11 is 1.36. The fraction of sp³-hybridized carbons (Fsp3) is 0.364. The largest absolute Gasteiger partial charge is 0.357 e. The molecule has 4 nitrogen and oxygen atoms in total. The van der Waals surface area contributed by atoms with Gasteiger partial charge in [-0.15, -0.1) is 11.8 Å². The minimum atomic E-state index is -0.536. The van der Waals surface area contributed by atoms with Crippen LogP contribution in [0, 0.1) is 12.7 Å². The van der Waals surface area contributed by atoms with Crippen LogP contribution in [-0.2, 0) is 21.9 Å². The fourth-order valence-corrected chi connectivity index (χ4v) is 3.90. The SMILES string of the molecule is CCC(C(=O)NC)N(Cc1ccccc1C)C(=O)CSCc1ccccc1F. The molecule has 0 aliphatic carbocycles. The summed E-state index contributed by atoms with van der Waals surface area (Å²) in [5.41, 5.74) is 2.66. The number of nitrogens with zero attached hydrogens (tertiary/aromatic N) is 1. The molecule has 0 heterocycles. The molecule has 0 bridgehead atoms. The second-order valence-electron chi connectivity index (χ2n) is 6.57. The molecule has 0 saturated heterocycles. The minimum Gasteiger partial charge on any atom is -0.357 e. The van der Waals surface area contributed by atoms with Crippen molar-refractivity contribution in [2.75, 3.05) is 12.8 Å². The Morgan fingerprint density at radius 2 is 1.75 bits per heavy atom. The summed E-state index contributed by atoms with van der Waals surface area (Å²) in [6, 6.07) is 13.9. The Morgan fingerprint density at radius 1 is 1.11 bits per heavy atom. The predicted molar refractivity (Wildman–Crippen MR) is 112 cm³/mol. The van der Waals surface area contributed by atoms with Crippen LogP contribution in [0.2, 0.25) is 0 Å². The van der Waals surface area contributed by atoms with E-state index in [0.717, 1.165) is 11.1 Å². The molecule has 2 aromatic rings. The molecule has 0 aliphatic rings. The zero-order chi connectivity index (χ0) is 20.5. The van der Waals surface area contributed by atoms with E-state index >= 15 is 0 Å². The van der Waals surface area contributed by atoms with Crippen LogP contribution >= 0.6 is 11.8 Å². The summed E-state index contributed by atoms with van der Waals surface area (Å²) in [6.45, 7) is 4.26. The molecule has 0 fully saturated rings. The highest BCUT2D eigenvalue weighted by atomic mass is 32.2. The molecule has 1 N–H and O–H groups in total. The van der Waals surface area contributed by atoms with Crippen molar-refractivity contribution in [1.29, 1.82) is 0 Å². The molecular weight excluding hydrogens is 375 g/mol. The quantitative estimate of drug-likeness (QED) is 0.692. The number of rotatable bonds is 9. The molecule has 28 heavy (non-hydrogen) atoms. The van der Waals surface area contributed by atoms with Crippen LogP contribution in [0.4, 0.5) is 4.39 Å². The number of likely N-dealkylation sites (N-methyl/N-ethyl adjacent to an activating group) is 1. The minimum absolute atomic E-state index is 0.125. The molecular formula is C22H27FN2O2S. The van der Waals surface area contributed by atoms with Gasteiger partial charge in [0.1, 0.15) is 11.9 Å². The van der Waals surface area contributed by atoms with Gasteiger partial charge in [-0.25, -0.2) is 4.39 Å². The van der Waals surface area contributed by atoms with Crippen molar-refractivity contribution >= 4 is 23.6 Å². The number of carbonyl (C=O) groups excluding carboxylic acids is 2. The third kappa shape index (κ3) is 5.83. The molecule has 1 unspecified atom stereocenters. The molecule has 2 aromatic carbocycles. The average molecular weight is 403 g/mol. The number of halogens is 1. The van der Waals surface area contributed by atoms with Crippen molar-refractivity contribution in [2.45, 2.75) is 38.6 Å². The van der Waals surface area contributed by atoms with Gasteiger partial charge in [-0.2, -0.15) is 0 Å². The molecule has 1 atom stereocenters. The van der Waals surface area contributed by atoms with Crippen LogP contribution in [0.25, 0.3) is 0 Å². The summed E-state index contributed by atoms with van der Waals surface area (Å²) in [5.74, 6) is 0.0285. The summed E-state index contributed by atoms with van der Waals surface area (Å²) in [6.07, 6.45) is 0.523. The number of hydrogen-bond acceptors (Lipinski definition) is 3.